The Morgan fingerprint density at radius 1 is 1.18 bits per heavy atom. The third-order valence-electron chi connectivity index (χ3n) is 5.44. The first-order valence-corrected chi connectivity index (χ1v) is 9.41. The molecule has 2 aromatic carbocycles. The van der Waals surface area contributed by atoms with Crippen molar-refractivity contribution < 1.29 is 9.18 Å². The maximum atomic E-state index is 14.4. The summed E-state index contributed by atoms with van der Waals surface area (Å²) in [5.41, 5.74) is 1.64. The van der Waals surface area contributed by atoms with Crippen LogP contribution in [0.5, 0.6) is 0 Å². The molecule has 0 aliphatic heterocycles. The Kier molecular flexibility index (Phi) is 4.86. The Bertz CT molecular complexity index is 965. The van der Waals surface area contributed by atoms with Crippen molar-refractivity contribution >= 4 is 6.03 Å². The van der Waals surface area contributed by atoms with Crippen LogP contribution in [0, 0.1) is 5.82 Å². The van der Waals surface area contributed by atoms with Crippen LogP contribution in [-0.2, 0) is 12.5 Å². The van der Waals surface area contributed by atoms with Crippen molar-refractivity contribution in [2.24, 2.45) is 7.05 Å². The molecule has 2 N–H and O–H groups in total. The molecule has 1 unspecified atom stereocenters. The van der Waals surface area contributed by atoms with Gasteiger partial charge >= 0.3 is 6.03 Å². The average molecular weight is 378 g/mol. The van der Waals surface area contributed by atoms with Gasteiger partial charge in [-0.1, -0.05) is 48.5 Å². The number of nitrogens with one attached hydrogen (secondary N) is 2. The van der Waals surface area contributed by atoms with Gasteiger partial charge in [0.05, 0.1) is 0 Å². The molecule has 0 bridgehead atoms. The van der Waals surface area contributed by atoms with Gasteiger partial charge in [0, 0.05) is 37.0 Å². The van der Waals surface area contributed by atoms with E-state index in [-0.39, 0.29) is 17.3 Å². The van der Waals surface area contributed by atoms with Crippen molar-refractivity contribution in [3.63, 3.8) is 0 Å². The molecule has 0 spiro atoms. The Morgan fingerprint density at radius 3 is 2.54 bits per heavy atom. The quantitative estimate of drug-likeness (QED) is 0.687. The van der Waals surface area contributed by atoms with Crippen molar-refractivity contribution in [2.75, 3.05) is 6.54 Å². The second-order valence-corrected chi connectivity index (χ2v) is 7.32. The molecule has 5 nitrogen and oxygen atoms in total. The van der Waals surface area contributed by atoms with Gasteiger partial charge in [0.1, 0.15) is 17.7 Å². The van der Waals surface area contributed by atoms with Crippen LogP contribution in [0.25, 0.3) is 0 Å². The lowest BCUT2D eigenvalue weighted by molar-refractivity contribution is 0.237. The summed E-state index contributed by atoms with van der Waals surface area (Å²) < 4.78 is 16.2. The summed E-state index contributed by atoms with van der Waals surface area (Å²) in [6.45, 7) is 0.549. The van der Waals surface area contributed by atoms with E-state index in [2.05, 4.69) is 27.8 Å². The monoisotopic (exact) mass is 378 g/mol. The third kappa shape index (κ3) is 3.63. The number of aryl methyl sites for hydroxylation is 1. The van der Waals surface area contributed by atoms with Crippen molar-refractivity contribution in [1.82, 2.24) is 20.2 Å². The highest BCUT2D eigenvalue weighted by Crippen LogP contribution is 2.47. The highest BCUT2D eigenvalue weighted by molar-refractivity contribution is 5.75. The van der Waals surface area contributed by atoms with Gasteiger partial charge in [-0.2, -0.15) is 0 Å². The van der Waals surface area contributed by atoms with E-state index in [1.807, 2.05) is 25.2 Å². The zero-order valence-electron chi connectivity index (χ0n) is 15.7. The number of hydrogen-bond acceptors (Lipinski definition) is 2. The highest BCUT2D eigenvalue weighted by Gasteiger charge is 2.44. The van der Waals surface area contributed by atoms with Crippen molar-refractivity contribution in [3.8, 4) is 0 Å². The summed E-state index contributed by atoms with van der Waals surface area (Å²) in [4.78, 5) is 17.0. The smallest absolute Gasteiger partial charge is 0.315 e. The van der Waals surface area contributed by atoms with Crippen LogP contribution in [0.4, 0.5) is 9.18 Å². The predicted molar refractivity (Wildman–Crippen MR) is 105 cm³/mol. The molecule has 2 amide bonds. The van der Waals surface area contributed by atoms with Crippen LogP contribution in [0.1, 0.15) is 35.8 Å². The van der Waals surface area contributed by atoms with Crippen LogP contribution in [0.3, 0.4) is 0 Å². The second kappa shape index (κ2) is 7.46. The number of nitrogens with zero attached hydrogens (tertiary/aromatic N) is 2. The lowest BCUT2D eigenvalue weighted by Gasteiger charge is -2.22. The van der Waals surface area contributed by atoms with Crippen LogP contribution in [0.2, 0.25) is 0 Å². The minimum absolute atomic E-state index is 0.00924. The van der Waals surface area contributed by atoms with Gasteiger partial charge in [0.15, 0.2) is 0 Å². The molecule has 144 valence electrons. The van der Waals surface area contributed by atoms with Gasteiger partial charge in [-0.15, -0.1) is 0 Å². The number of carbonyl (C=O) groups excluding carboxylic acids is 1. The predicted octanol–water partition coefficient (Wildman–Crippen LogP) is 3.68. The minimum Gasteiger partial charge on any atom is -0.337 e. The third-order valence-corrected chi connectivity index (χ3v) is 5.44. The van der Waals surface area contributed by atoms with Gasteiger partial charge in [0.25, 0.3) is 0 Å². The Hall–Kier alpha value is -3.15. The van der Waals surface area contributed by atoms with E-state index >= 15 is 0 Å². The molecule has 1 aromatic heterocycles. The van der Waals surface area contributed by atoms with E-state index in [9.17, 15) is 9.18 Å². The van der Waals surface area contributed by atoms with Crippen LogP contribution in [-0.4, -0.2) is 22.1 Å². The summed E-state index contributed by atoms with van der Waals surface area (Å²) in [5.74, 6) is 0.197. The lowest BCUT2D eigenvalue weighted by atomic mass is 9.96. The number of rotatable bonds is 6. The lowest BCUT2D eigenvalue weighted by Crippen LogP contribution is -2.42. The van der Waals surface area contributed by atoms with Crippen LogP contribution >= 0.6 is 0 Å². The molecular formula is C22H23FN4O. The fourth-order valence-electron chi connectivity index (χ4n) is 3.59. The normalized spacial score (nSPS) is 15.6. The van der Waals surface area contributed by atoms with Gasteiger partial charge in [-0.05, 0) is 24.5 Å². The van der Waals surface area contributed by atoms with Gasteiger partial charge in [-0.25, -0.2) is 14.2 Å². The molecule has 1 saturated carbocycles. The molecule has 1 atom stereocenters. The SMILES string of the molecule is Cn1ccnc1C(NC(=O)NCC1(c2ccccc2)CC1)c1ccccc1F. The molecule has 1 fully saturated rings. The van der Waals surface area contributed by atoms with E-state index in [1.54, 1.807) is 35.2 Å². The maximum absolute atomic E-state index is 14.4. The molecule has 6 heteroatoms. The molecule has 28 heavy (non-hydrogen) atoms. The Balaban J connectivity index is 1.49. The number of carbonyl (C=O) groups is 1. The molecule has 1 heterocycles. The van der Waals surface area contributed by atoms with Crippen LogP contribution < -0.4 is 10.6 Å². The average Bonchev–Trinajstić information content (AvgIpc) is 3.40. The molecular weight excluding hydrogens is 355 g/mol. The Labute approximate surface area is 163 Å². The first kappa shape index (κ1) is 18.2. The summed E-state index contributed by atoms with van der Waals surface area (Å²) in [5, 5.41) is 5.87. The van der Waals surface area contributed by atoms with Crippen molar-refractivity contribution in [1.29, 1.82) is 0 Å². The summed E-state index contributed by atoms with van der Waals surface area (Å²) in [7, 11) is 1.82. The summed E-state index contributed by atoms with van der Waals surface area (Å²) in [6, 6.07) is 15.7. The molecule has 1 aliphatic carbocycles. The first-order chi connectivity index (χ1) is 13.6. The molecule has 3 aromatic rings. The number of imidazole rings is 1. The van der Waals surface area contributed by atoms with E-state index in [1.165, 1.54) is 11.6 Å². The van der Waals surface area contributed by atoms with Crippen molar-refractivity contribution in [3.05, 3.63) is 89.8 Å². The number of hydrogen-bond donors (Lipinski definition) is 2. The number of aromatic nitrogens is 2. The van der Waals surface area contributed by atoms with E-state index in [0.29, 0.717) is 17.9 Å². The second-order valence-electron chi connectivity index (χ2n) is 7.32. The fourth-order valence-corrected chi connectivity index (χ4v) is 3.59. The highest BCUT2D eigenvalue weighted by atomic mass is 19.1. The number of halogens is 1. The molecule has 0 saturated heterocycles. The van der Waals surface area contributed by atoms with Gasteiger partial charge < -0.3 is 15.2 Å². The number of benzene rings is 2. The van der Waals surface area contributed by atoms with E-state index < -0.39 is 6.04 Å². The summed E-state index contributed by atoms with van der Waals surface area (Å²) in [6.07, 6.45) is 5.51. The number of amides is 2. The Morgan fingerprint density at radius 2 is 1.89 bits per heavy atom. The topological polar surface area (TPSA) is 59.0 Å². The molecule has 4 rings (SSSR count). The standard InChI is InChI=1S/C22H23FN4O/c1-27-14-13-24-20(27)19(17-9-5-6-10-18(17)23)26-21(28)25-15-22(11-12-22)16-7-3-2-4-8-16/h2-10,13-14,19H,11-12,15H2,1H3,(H2,25,26,28). The fraction of sp³-hybridized carbons (Fsp3) is 0.273. The molecule has 0 radical (unpaired) electrons. The van der Waals surface area contributed by atoms with Crippen LogP contribution in [0.15, 0.2) is 67.0 Å². The zero-order chi connectivity index (χ0) is 19.6. The van der Waals surface area contributed by atoms with Crippen molar-refractivity contribution in [2.45, 2.75) is 24.3 Å². The zero-order valence-corrected chi connectivity index (χ0v) is 15.7. The summed E-state index contributed by atoms with van der Waals surface area (Å²) >= 11 is 0. The largest absolute Gasteiger partial charge is 0.337 e. The van der Waals surface area contributed by atoms with E-state index in [4.69, 9.17) is 0 Å². The van der Waals surface area contributed by atoms with Gasteiger partial charge in [0.2, 0.25) is 0 Å². The van der Waals surface area contributed by atoms with E-state index in [0.717, 1.165) is 12.8 Å². The maximum Gasteiger partial charge on any atom is 0.315 e. The molecule has 1 aliphatic rings. The minimum atomic E-state index is -0.673. The van der Waals surface area contributed by atoms with Gasteiger partial charge in [-0.3, -0.25) is 0 Å². The number of urea groups is 1. The first-order valence-electron chi connectivity index (χ1n) is 9.41.